The molecule has 0 saturated carbocycles. The van der Waals surface area contributed by atoms with Crippen molar-refractivity contribution in [2.45, 2.75) is 25.4 Å². The van der Waals surface area contributed by atoms with Gasteiger partial charge in [0.2, 0.25) is 0 Å². The van der Waals surface area contributed by atoms with E-state index in [2.05, 4.69) is 15.5 Å². The zero-order valence-corrected chi connectivity index (χ0v) is 12.2. The lowest BCUT2D eigenvalue weighted by molar-refractivity contribution is 0.416. The highest BCUT2D eigenvalue weighted by molar-refractivity contribution is 5.51. The lowest BCUT2D eigenvalue weighted by atomic mass is 10.0. The van der Waals surface area contributed by atoms with Crippen molar-refractivity contribution in [1.82, 2.24) is 15.5 Å². The Bertz CT molecular complexity index is 662. The summed E-state index contributed by atoms with van der Waals surface area (Å²) in [5, 5.41) is 19.1. The minimum atomic E-state index is -0.326. The van der Waals surface area contributed by atoms with Crippen LogP contribution in [0, 0.1) is 17.1 Å². The molecular formula is C16H18FN5. The monoisotopic (exact) mass is 299 g/mol. The van der Waals surface area contributed by atoms with E-state index in [0.717, 1.165) is 38.2 Å². The summed E-state index contributed by atoms with van der Waals surface area (Å²) >= 11 is 0. The van der Waals surface area contributed by atoms with Crippen LogP contribution in [0.25, 0.3) is 0 Å². The van der Waals surface area contributed by atoms with Gasteiger partial charge in [-0.15, -0.1) is 0 Å². The van der Waals surface area contributed by atoms with Gasteiger partial charge in [0, 0.05) is 37.6 Å². The molecule has 2 N–H and O–H groups in total. The summed E-state index contributed by atoms with van der Waals surface area (Å²) in [6.45, 7) is 2.33. The predicted molar refractivity (Wildman–Crippen MR) is 81.8 cm³/mol. The van der Waals surface area contributed by atoms with Crippen molar-refractivity contribution in [3.8, 4) is 6.07 Å². The molecule has 1 fully saturated rings. The van der Waals surface area contributed by atoms with Crippen molar-refractivity contribution in [3.05, 3.63) is 47.5 Å². The topological polar surface area (TPSA) is 67.7 Å². The Hall–Kier alpha value is -2.39. The van der Waals surface area contributed by atoms with Gasteiger partial charge in [-0.1, -0.05) is 0 Å². The van der Waals surface area contributed by atoms with Crippen LogP contribution in [0.5, 0.6) is 0 Å². The molecule has 6 heteroatoms. The van der Waals surface area contributed by atoms with Crippen LogP contribution in [0.4, 0.5) is 10.1 Å². The van der Waals surface area contributed by atoms with E-state index in [0.29, 0.717) is 17.3 Å². The van der Waals surface area contributed by atoms with Crippen LogP contribution in [0.3, 0.4) is 0 Å². The van der Waals surface area contributed by atoms with E-state index in [4.69, 9.17) is 5.26 Å². The molecule has 5 nitrogen and oxygen atoms in total. The maximum atomic E-state index is 14.1. The van der Waals surface area contributed by atoms with Crippen LogP contribution in [0.2, 0.25) is 0 Å². The van der Waals surface area contributed by atoms with Crippen LogP contribution in [0.1, 0.15) is 24.1 Å². The average Bonchev–Trinajstić information content (AvgIpc) is 3.06. The maximum Gasteiger partial charge on any atom is 0.147 e. The molecule has 1 aliphatic rings. The number of nitriles is 1. The first-order valence-electron chi connectivity index (χ1n) is 7.42. The molecular weight excluding hydrogens is 281 g/mol. The summed E-state index contributed by atoms with van der Waals surface area (Å²) in [5.41, 5.74) is 1.97. The zero-order valence-electron chi connectivity index (χ0n) is 12.2. The van der Waals surface area contributed by atoms with E-state index in [9.17, 15) is 4.39 Å². The van der Waals surface area contributed by atoms with E-state index < -0.39 is 0 Å². The second-order valence-corrected chi connectivity index (χ2v) is 5.53. The van der Waals surface area contributed by atoms with E-state index in [1.807, 2.05) is 17.0 Å². The molecule has 0 bridgehead atoms. The summed E-state index contributed by atoms with van der Waals surface area (Å²) in [6, 6.07) is 8.88. The molecule has 22 heavy (non-hydrogen) atoms. The van der Waals surface area contributed by atoms with Gasteiger partial charge in [-0.2, -0.15) is 10.4 Å². The summed E-state index contributed by atoms with van der Waals surface area (Å²) in [6.07, 6.45) is 3.82. The van der Waals surface area contributed by atoms with E-state index in [1.165, 1.54) is 6.07 Å². The molecule has 1 atom stereocenters. The third-order valence-electron chi connectivity index (χ3n) is 3.98. The number of H-pyrrole nitrogens is 1. The number of rotatable bonds is 4. The number of nitrogens with one attached hydrogen (secondary N) is 2. The van der Waals surface area contributed by atoms with Gasteiger partial charge in [-0.3, -0.25) is 5.10 Å². The number of aromatic nitrogens is 2. The van der Waals surface area contributed by atoms with Gasteiger partial charge in [0.25, 0.3) is 0 Å². The Kier molecular flexibility index (Phi) is 4.35. The number of aromatic amines is 1. The molecule has 2 aromatic rings. The van der Waals surface area contributed by atoms with Gasteiger partial charge in [-0.05, 0) is 37.1 Å². The summed E-state index contributed by atoms with van der Waals surface area (Å²) < 4.78 is 14.1. The molecule has 3 rings (SSSR count). The van der Waals surface area contributed by atoms with Crippen molar-refractivity contribution in [2.24, 2.45) is 0 Å². The number of piperidine rings is 1. The molecule has 1 aliphatic heterocycles. The van der Waals surface area contributed by atoms with Gasteiger partial charge in [0.1, 0.15) is 5.82 Å². The van der Waals surface area contributed by atoms with E-state index in [-0.39, 0.29) is 5.82 Å². The second kappa shape index (κ2) is 6.58. The van der Waals surface area contributed by atoms with Crippen LogP contribution >= 0.6 is 0 Å². The molecule has 1 saturated heterocycles. The third-order valence-corrected chi connectivity index (χ3v) is 3.98. The second-order valence-electron chi connectivity index (χ2n) is 5.53. The lowest BCUT2D eigenvalue weighted by Gasteiger charge is -2.35. The number of hydrogen-bond donors (Lipinski definition) is 2. The fourth-order valence-corrected chi connectivity index (χ4v) is 2.83. The highest BCUT2D eigenvalue weighted by Crippen LogP contribution is 2.24. The molecule has 0 radical (unpaired) electrons. The summed E-state index contributed by atoms with van der Waals surface area (Å²) in [7, 11) is 0. The van der Waals surface area contributed by atoms with Gasteiger partial charge < -0.3 is 10.2 Å². The van der Waals surface area contributed by atoms with Crippen molar-refractivity contribution < 1.29 is 4.39 Å². The maximum absolute atomic E-state index is 14.1. The molecule has 1 aromatic carbocycles. The molecule has 0 amide bonds. The minimum absolute atomic E-state index is 0.312. The van der Waals surface area contributed by atoms with Crippen LogP contribution in [0.15, 0.2) is 30.5 Å². The first-order valence-corrected chi connectivity index (χ1v) is 7.42. The van der Waals surface area contributed by atoms with Gasteiger partial charge >= 0.3 is 0 Å². The molecule has 114 valence electrons. The van der Waals surface area contributed by atoms with Crippen molar-refractivity contribution >= 4 is 5.69 Å². The number of hydrogen-bond acceptors (Lipinski definition) is 4. The molecule has 0 aliphatic carbocycles. The normalized spacial score (nSPS) is 18.2. The Labute approximate surface area is 128 Å². The van der Waals surface area contributed by atoms with Crippen LogP contribution < -0.4 is 10.2 Å². The Balaban J connectivity index is 1.64. The summed E-state index contributed by atoms with van der Waals surface area (Å²) in [4.78, 5) is 2.05. The first-order chi connectivity index (χ1) is 10.8. The van der Waals surface area contributed by atoms with Crippen molar-refractivity contribution in [3.63, 3.8) is 0 Å². The fourth-order valence-electron chi connectivity index (χ4n) is 2.83. The number of anilines is 1. The number of benzene rings is 1. The molecule has 0 spiro atoms. The highest BCUT2D eigenvalue weighted by Gasteiger charge is 2.22. The molecule has 2 heterocycles. The smallest absolute Gasteiger partial charge is 0.147 e. The summed E-state index contributed by atoms with van der Waals surface area (Å²) in [5.74, 6) is -0.326. The van der Waals surface area contributed by atoms with E-state index >= 15 is 0 Å². The Morgan fingerprint density at radius 2 is 2.36 bits per heavy atom. The Morgan fingerprint density at radius 3 is 3.09 bits per heavy atom. The quantitative estimate of drug-likeness (QED) is 0.908. The standard InChI is InChI=1S/C16H18FN5/c17-15-8-12(9-18)3-4-16(15)22-7-1-2-14(11-22)19-10-13-5-6-20-21-13/h3-6,8,14,19H,1-2,7,10-11H2,(H,20,21)/t14-/m1/s1. The zero-order chi connectivity index (χ0) is 15.4. The average molecular weight is 299 g/mol. The largest absolute Gasteiger partial charge is 0.368 e. The third kappa shape index (κ3) is 3.26. The van der Waals surface area contributed by atoms with Crippen LogP contribution in [-0.4, -0.2) is 29.3 Å². The lowest BCUT2D eigenvalue weighted by Crippen LogP contribution is -2.45. The molecule has 0 unspecified atom stereocenters. The van der Waals surface area contributed by atoms with Gasteiger partial charge in [-0.25, -0.2) is 4.39 Å². The highest BCUT2D eigenvalue weighted by atomic mass is 19.1. The SMILES string of the molecule is N#Cc1ccc(N2CCC[C@@H](NCc3ccn[nH]3)C2)c(F)c1. The van der Waals surface area contributed by atoms with E-state index in [1.54, 1.807) is 18.3 Å². The Morgan fingerprint density at radius 1 is 1.45 bits per heavy atom. The van der Waals surface area contributed by atoms with Gasteiger partial charge in [0.15, 0.2) is 0 Å². The fraction of sp³-hybridized carbons (Fsp3) is 0.375. The van der Waals surface area contributed by atoms with Crippen molar-refractivity contribution in [1.29, 1.82) is 5.26 Å². The van der Waals surface area contributed by atoms with Crippen molar-refractivity contribution in [2.75, 3.05) is 18.0 Å². The van der Waals surface area contributed by atoms with Gasteiger partial charge in [0.05, 0.1) is 17.3 Å². The van der Waals surface area contributed by atoms with Crippen LogP contribution in [-0.2, 0) is 6.54 Å². The minimum Gasteiger partial charge on any atom is -0.368 e. The molecule has 1 aromatic heterocycles. The predicted octanol–water partition coefficient (Wildman–Crippen LogP) is 2.18. The number of nitrogens with zero attached hydrogens (tertiary/aromatic N) is 3. The first kappa shape index (κ1) is 14.5. The number of halogens is 1.